The number of likely N-dealkylation sites (tertiary alicyclic amines) is 1. The number of carbonyl (C=O) groups is 2. The molecule has 0 unspecified atom stereocenters. The number of hydrogen-bond acceptors (Lipinski definition) is 7. The van der Waals surface area contributed by atoms with Crippen molar-refractivity contribution >= 4 is 23.4 Å². The molecule has 10 heteroatoms. The fourth-order valence-electron chi connectivity index (χ4n) is 5.59. The van der Waals surface area contributed by atoms with E-state index in [1.165, 1.54) is 0 Å². The molecule has 0 aliphatic carbocycles. The quantitative estimate of drug-likeness (QED) is 0.518. The number of carbonyl (C=O) groups excluding carboxylic acids is 2. The molecule has 1 spiro atoms. The smallest absolute Gasteiger partial charge is 0.257 e. The first-order chi connectivity index (χ1) is 18.8. The van der Waals surface area contributed by atoms with E-state index in [9.17, 15) is 19.8 Å². The lowest BCUT2D eigenvalue weighted by molar-refractivity contribution is -0.134. The van der Waals surface area contributed by atoms with Gasteiger partial charge in [-0.3, -0.25) is 9.59 Å². The Bertz CT molecular complexity index is 1200. The first-order valence-electron chi connectivity index (χ1n) is 13.5. The van der Waals surface area contributed by atoms with Gasteiger partial charge in [-0.1, -0.05) is 29.8 Å². The van der Waals surface area contributed by atoms with Crippen molar-refractivity contribution in [1.29, 1.82) is 0 Å². The second kappa shape index (κ2) is 12.0. The molecule has 3 N–H and O–H groups in total. The van der Waals surface area contributed by atoms with Crippen LogP contribution in [0, 0.1) is 5.41 Å². The van der Waals surface area contributed by atoms with Crippen molar-refractivity contribution in [3.05, 3.63) is 52.5 Å². The van der Waals surface area contributed by atoms with Gasteiger partial charge in [0.2, 0.25) is 5.91 Å². The van der Waals surface area contributed by atoms with E-state index in [-0.39, 0.29) is 31.3 Å². The van der Waals surface area contributed by atoms with E-state index in [1.807, 2.05) is 23.1 Å². The zero-order chi connectivity index (χ0) is 27.4. The highest BCUT2D eigenvalue weighted by Crippen LogP contribution is 2.39. The van der Waals surface area contributed by atoms with Crippen LogP contribution in [0.3, 0.4) is 0 Å². The molecule has 2 amide bonds. The Hall–Kier alpha value is -3.01. The Labute approximate surface area is 233 Å². The molecule has 9 nitrogen and oxygen atoms in total. The number of aliphatic hydroxyl groups excluding tert-OH is 2. The van der Waals surface area contributed by atoms with Crippen LogP contribution in [0.15, 0.2) is 36.4 Å². The molecule has 1 fully saturated rings. The summed E-state index contributed by atoms with van der Waals surface area (Å²) in [6, 6.07) is 10.8. The standard InChI is InChI=1S/C29H35ClN2O7/c30-21-12-19(13-25-28(21)38-11-3-10-37-25)14-27(36)32-8-6-29(7-9-32)16-23(34)22(33)15-20-4-1-2-5-24(20)39-17-26(35)31-18-29/h1-2,4-5,12-13,22-23,33-34H,3,6-11,14-18H2,(H,31,35)/t22-,23+/m0/s1. The van der Waals surface area contributed by atoms with Gasteiger partial charge in [0.05, 0.1) is 36.9 Å². The Morgan fingerprint density at radius 1 is 1.05 bits per heavy atom. The SMILES string of the molecule is O=C1COc2ccccc2C[C@H](O)[C@H](O)CC2(CCN(C(=O)Cc3cc(Cl)c4c(c3)OCCCO4)CC2)CN1. The van der Waals surface area contributed by atoms with Gasteiger partial charge in [0.1, 0.15) is 5.75 Å². The van der Waals surface area contributed by atoms with Crippen LogP contribution in [0.2, 0.25) is 5.02 Å². The van der Waals surface area contributed by atoms with Crippen LogP contribution in [0.25, 0.3) is 0 Å². The average molecular weight is 559 g/mol. The maximum Gasteiger partial charge on any atom is 0.257 e. The van der Waals surface area contributed by atoms with Gasteiger partial charge in [0.15, 0.2) is 18.1 Å². The molecule has 0 radical (unpaired) electrons. The molecule has 2 atom stereocenters. The predicted octanol–water partition coefficient (Wildman–Crippen LogP) is 2.52. The van der Waals surface area contributed by atoms with E-state index in [1.54, 1.807) is 18.2 Å². The number of hydrogen-bond donors (Lipinski definition) is 3. The number of nitrogens with zero attached hydrogens (tertiary/aromatic N) is 1. The van der Waals surface area contributed by atoms with Crippen LogP contribution in [0.5, 0.6) is 17.2 Å². The van der Waals surface area contributed by atoms with E-state index in [0.29, 0.717) is 74.4 Å². The summed E-state index contributed by atoms with van der Waals surface area (Å²) in [5.41, 5.74) is 1.04. The lowest BCUT2D eigenvalue weighted by atomic mass is 9.73. The Morgan fingerprint density at radius 2 is 1.82 bits per heavy atom. The van der Waals surface area contributed by atoms with Crippen molar-refractivity contribution < 1.29 is 34.0 Å². The third kappa shape index (κ3) is 6.59. The van der Waals surface area contributed by atoms with Crippen LogP contribution in [-0.2, 0) is 22.4 Å². The summed E-state index contributed by atoms with van der Waals surface area (Å²) in [5.74, 6) is 1.33. The Kier molecular flexibility index (Phi) is 8.49. The van der Waals surface area contributed by atoms with E-state index < -0.39 is 17.6 Å². The van der Waals surface area contributed by atoms with E-state index >= 15 is 0 Å². The van der Waals surface area contributed by atoms with Gasteiger partial charge in [0, 0.05) is 32.5 Å². The number of benzene rings is 2. The summed E-state index contributed by atoms with van der Waals surface area (Å²) in [5, 5.41) is 25.2. The third-order valence-corrected chi connectivity index (χ3v) is 8.18. The summed E-state index contributed by atoms with van der Waals surface area (Å²) in [4.78, 5) is 27.6. The molecule has 1 saturated heterocycles. The topological polar surface area (TPSA) is 118 Å². The predicted molar refractivity (Wildman–Crippen MR) is 144 cm³/mol. The number of nitrogens with one attached hydrogen (secondary N) is 1. The molecule has 0 aromatic heterocycles. The number of fused-ring (bicyclic) bond motifs is 2. The molecule has 2 aromatic carbocycles. The van der Waals surface area contributed by atoms with Crippen LogP contribution < -0.4 is 19.5 Å². The van der Waals surface area contributed by atoms with Gasteiger partial charge in [0.25, 0.3) is 5.91 Å². The molecule has 3 aliphatic rings. The molecular weight excluding hydrogens is 524 g/mol. The molecule has 0 saturated carbocycles. The number of amides is 2. The largest absolute Gasteiger partial charge is 0.489 e. The highest BCUT2D eigenvalue weighted by Gasteiger charge is 2.39. The number of aliphatic hydroxyl groups is 2. The van der Waals surface area contributed by atoms with Crippen molar-refractivity contribution in [2.24, 2.45) is 5.41 Å². The summed E-state index contributed by atoms with van der Waals surface area (Å²) in [6.45, 7) is 2.23. The van der Waals surface area contributed by atoms with Gasteiger partial charge >= 0.3 is 0 Å². The second-order valence-corrected chi connectivity index (χ2v) is 11.1. The highest BCUT2D eigenvalue weighted by molar-refractivity contribution is 6.32. The number of piperidine rings is 1. The fraction of sp³-hybridized carbons (Fsp3) is 0.517. The molecule has 3 aliphatic heterocycles. The van der Waals surface area contributed by atoms with Crippen molar-refractivity contribution in [2.45, 2.75) is 50.7 Å². The molecular formula is C29H35ClN2O7. The van der Waals surface area contributed by atoms with Crippen LogP contribution in [0.1, 0.15) is 36.8 Å². The summed E-state index contributed by atoms with van der Waals surface area (Å²) in [7, 11) is 0. The zero-order valence-corrected chi connectivity index (χ0v) is 22.6. The minimum Gasteiger partial charge on any atom is -0.489 e. The number of rotatable bonds is 2. The van der Waals surface area contributed by atoms with Gasteiger partial charge < -0.3 is 34.6 Å². The van der Waals surface area contributed by atoms with Crippen molar-refractivity contribution in [3.63, 3.8) is 0 Å². The average Bonchev–Trinajstić information content (AvgIpc) is 3.17. The Balaban J connectivity index is 1.24. The van der Waals surface area contributed by atoms with Crippen LogP contribution in [-0.4, -0.2) is 78.6 Å². The minimum atomic E-state index is -0.986. The second-order valence-electron chi connectivity index (χ2n) is 10.7. The van der Waals surface area contributed by atoms with E-state index in [4.69, 9.17) is 25.8 Å². The van der Waals surface area contributed by atoms with E-state index in [2.05, 4.69) is 5.32 Å². The van der Waals surface area contributed by atoms with Gasteiger partial charge in [-0.25, -0.2) is 0 Å². The van der Waals surface area contributed by atoms with Crippen LogP contribution >= 0.6 is 11.6 Å². The zero-order valence-electron chi connectivity index (χ0n) is 21.9. The van der Waals surface area contributed by atoms with Crippen molar-refractivity contribution in [3.8, 4) is 17.2 Å². The number of ether oxygens (including phenoxy) is 3. The molecule has 2 aromatic rings. The van der Waals surface area contributed by atoms with Crippen molar-refractivity contribution in [2.75, 3.05) is 39.5 Å². The fourth-order valence-corrected chi connectivity index (χ4v) is 5.88. The minimum absolute atomic E-state index is 0.0295. The third-order valence-electron chi connectivity index (χ3n) is 7.90. The summed E-state index contributed by atoms with van der Waals surface area (Å²) < 4.78 is 17.1. The number of para-hydroxylation sites is 1. The molecule has 0 bridgehead atoms. The Morgan fingerprint density at radius 3 is 2.64 bits per heavy atom. The molecule has 210 valence electrons. The lowest BCUT2D eigenvalue weighted by Gasteiger charge is -2.43. The summed E-state index contributed by atoms with van der Waals surface area (Å²) >= 11 is 6.41. The highest BCUT2D eigenvalue weighted by atomic mass is 35.5. The monoisotopic (exact) mass is 558 g/mol. The normalized spacial score (nSPS) is 23.4. The molecule has 3 heterocycles. The lowest BCUT2D eigenvalue weighted by Crippen LogP contribution is -2.51. The maximum absolute atomic E-state index is 13.2. The van der Waals surface area contributed by atoms with E-state index in [0.717, 1.165) is 17.5 Å². The number of halogens is 1. The van der Waals surface area contributed by atoms with Gasteiger partial charge in [-0.2, -0.15) is 0 Å². The van der Waals surface area contributed by atoms with Crippen molar-refractivity contribution in [1.82, 2.24) is 10.2 Å². The maximum atomic E-state index is 13.2. The summed E-state index contributed by atoms with van der Waals surface area (Å²) in [6.07, 6.45) is 0.685. The molecule has 5 rings (SSSR count). The van der Waals surface area contributed by atoms with Gasteiger partial charge in [-0.05, 0) is 54.0 Å². The van der Waals surface area contributed by atoms with Gasteiger partial charge in [-0.15, -0.1) is 0 Å². The molecule has 39 heavy (non-hydrogen) atoms. The first kappa shape index (κ1) is 27.6. The van der Waals surface area contributed by atoms with Crippen LogP contribution in [0.4, 0.5) is 0 Å². The first-order valence-corrected chi connectivity index (χ1v) is 13.9.